The highest BCUT2D eigenvalue weighted by Crippen LogP contribution is 2.36. The Hall–Kier alpha value is -4.52. The quantitative estimate of drug-likeness (QED) is 0.321. The molecule has 0 spiro atoms. The molecule has 2 aliphatic rings. The number of nitrogens with one attached hydrogen (secondary N) is 2. The van der Waals surface area contributed by atoms with Gasteiger partial charge in [0.05, 0.1) is 12.5 Å². The molecule has 214 valence electrons. The number of thioether (sulfide) groups is 1. The maximum absolute atomic E-state index is 13.4. The number of benzene rings is 2. The number of hydrogen-bond donors (Lipinski definition) is 3. The lowest BCUT2D eigenvalue weighted by molar-refractivity contribution is -0.132. The normalized spacial score (nSPS) is 20.0. The number of aliphatic carboxylic acids is 1. The lowest BCUT2D eigenvalue weighted by Gasteiger charge is -2.29. The van der Waals surface area contributed by atoms with Crippen LogP contribution in [0.25, 0.3) is 11.5 Å². The van der Waals surface area contributed by atoms with Crippen molar-refractivity contribution in [1.82, 2.24) is 25.7 Å². The molecule has 1 saturated heterocycles. The molecule has 1 aromatic heterocycles. The Morgan fingerprint density at radius 1 is 1.20 bits per heavy atom. The van der Waals surface area contributed by atoms with E-state index in [1.807, 2.05) is 6.92 Å². The van der Waals surface area contributed by atoms with Crippen LogP contribution in [0, 0.1) is 12.8 Å². The standard InChI is InChI=1S/C28H29N5O7S/c1-4-28(29-14-23(41-28)27(36)37)30-24(34)19-11-21(38-15-18-9-10-33(3)26(18)35)13-22(12-19)40-20-7-5-17(6-8-20)25-32-31-16(2)39-25/h5-8,11-14,18,29H,4,9-10,15H2,1-3H3,(H,30,34)(H,36,37). The maximum Gasteiger partial charge on any atom is 0.343 e. The van der Waals surface area contributed by atoms with Gasteiger partial charge in [-0.3, -0.25) is 9.59 Å². The number of likely N-dealkylation sites (tertiary alicyclic amines) is 1. The topological polar surface area (TPSA) is 156 Å². The Balaban J connectivity index is 1.37. The number of carboxylic acid groups (broad SMARTS) is 1. The first-order valence-electron chi connectivity index (χ1n) is 13.0. The number of carbonyl (C=O) groups is 3. The molecule has 41 heavy (non-hydrogen) atoms. The minimum absolute atomic E-state index is 0.0165. The van der Waals surface area contributed by atoms with Crippen molar-refractivity contribution in [3.05, 3.63) is 65.0 Å². The summed E-state index contributed by atoms with van der Waals surface area (Å²) in [6.45, 7) is 4.37. The minimum atomic E-state index is -1.08. The third kappa shape index (κ3) is 6.30. The summed E-state index contributed by atoms with van der Waals surface area (Å²) in [5.74, 6) is 0.245. The Bertz CT molecular complexity index is 1510. The molecule has 3 aromatic rings. The average molecular weight is 580 g/mol. The molecule has 12 nitrogen and oxygen atoms in total. The molecule has 1 fully saturated rings. The second-order valence-electron chi connectivity index (χ2n) is 9.70. The second kappa shape index (κ2) is 11.5. The van der Waals surface area contributed by atoms with Crippen LogP contribution in [0.4, 0.5) is 0 Å². The van der Waals surface area contributed by atoms with Gasteiger partial charge in [0, 0.05) is 43.9 Å². The van der Waals surface area contributed by atoms with Crippen molar-refractivity contribution < 1.29 is 33.4 Å². The number of nitrogens with zero attached hydrogens (tertiary/aromatic N) is 3. The zero-order valence-corrected chi connectivity index (χ0v) is 23.5. The Morgan fingerprint density at radius 3 is 2.56 bits per heavy atom. The van der Waals surface area contributed by atoms with Gasteiger partial charge in [-0.2, -0.15) is 0 Å². The molecule has 13 heteroatoms. The van der Waals surface area contributed by atoms with Crippen molar-refractivity contribution in [3.63, 3.8) is 0 Å². The Labute approximate surface area is 240 Å². The van der Waals surface area contributed by atoms with Crippen LogP contribution in [0.1, 0.15) is 36.0 Å². The van der Waals surface area contributed by atoms with Crippen molar-refractivity contribution in [2.24, 2.45) is 5.92 Å². The van der Waals surface area contributed by atoms with Gasteiger partial charge in [0.2, 0.25) is 17.7 Å². The molecule has 3 N–H and O–H groups in total. The molecule has 0 aliphatic carbocycles. The maximum atomic E-state index is 13.4. The summed E-state index contributed by atoms with van der Waals surface area (Å²) in [6.07, 6.45) is 2.48. The summed E-state index contributed by atoms with van der Waals surface area (Å²) in [4.78, 5) is 38.0. The van der Waals surface area contributed by atoms with E-state index in [9.17, 15) is 19.5 Å². The van der Waals surface area contributed by atoms with E-state index in [4.69, 9.17) is 13.9 Å². The van der Waals surface area contributed by atoms with E-state index >= 15 is 0 Å². The molecule has 2 amide bonds. The van der Waals surface area contributed by atoms with Crippen LogP contribution in [-0.4, -0.2) is 63.2 Å². The first-order chi connectivity index (χ1) is 19.6. The van der Waals surface area contributed by atoms with Crippen LogP contribution in [0.3, 0.4) is 0 Å². The van der Waals surface area contributed by atoms with E-state index in [1.54, 1.807) is 61.3 Å². The number of ether oxygens (including phenoxy) is 2. The fraction of sp³-hybridized carbons (Fsp3) is 0.321. The van der Waals surface area contributed by atoms with Gasteiger partial charge in [-0.25, -0.2) is 4.79 Å². The first-order valence-corrected chi connectivity index (χ1v) is 13.8. The van der Waals surface area contributed by atoms with Crippen molar-refractivity contribution in [1.29, 1.82) is 0 Å². The van der Waals surface area contributed by atoms with Crippen LogP contribution in [0.5, 0.6) is 17.2 Å². The van der Waals surface area contributed by atoms with E-state index in [1.165, 1.54) is 6.20 Å². The van der Waals surface area contributed by atoms with E-state index in [2.05, 4.69) is 20.8 Å². The largest absolute Gasteiger partial charge is 0.493 e. The molecule has 3 heterocycles. The summed E-state index contributed by atoms with van der Waals surface area (Å²) >= 11 is 1.03. The molecular weight excluding hydrogens is 550 g/mol. The number of hydrogen-bond acceptors (Lipinski definition) is 10. The number of amides is 2. The Kier molecular flexibility index (Phi) is 7.88. The fourth-order valence-electron chi connectivity index (χ4n) is 4.42. The predicted octanol–water partition coefficient (Wildman–Crippen LogP) is 3.75. The van der Waals surface area contributed by atoms with Gasteiger partial charge in [-0.1, -0.05) is 18.7 Å². The molecule has 0 saturated carbocycles. The van der Waals surface area contributed by atoms with E-state index in [0.717, 1.165) is 17.3 Å². The smallest absolute Gasteiger partial charge is 0.343 e. The van der Waals surface area contributed by atoms with Crippen LogP contribution < -0.4 is 20.1 Å². The van der Waals surface area contributed by atoms with Crippen LogP contribution >= 0.6 is 11.8 Å². The van der Waals surface area contributed by atoms with Gasteiger partial charge in [0.25, 0.3) is 5.91 Å². The summed E-state index contributed by atoms with van der Waals surface area (Å²) in [5.41, 5.74) is 0.964. The van der Waals surface area contributed by atoms with Crippen molar-refractivity contribution in [2.45, 2.75) is 31.7 Å². The zero-order chi connectivity index (χ0) is 29.1. The number of aryl methyl sites for hydroxylation is 1. The van der Waals surface area contributed by atoms with Crippen molar-refractivity contribution in [3.8, 4) is 28.7 Å². The number of aromatic nitrogens is 2. The molecular formula is C28H29N5O7S. The van der Waals surface area contributed by atoms with Gasteiger partial charge in [-0.05, 0) is 49.2 Å². The van der Waals surface area contributed by atoms with Crippen LogP contribution in [-0.2, 0) is 9.59 Å². The molecule has 2 unspecified atom stereocenters. The summed E-state index contributed by atoms with van der Waals surface area (Å²) in [7, 11) is 1.76. The monoisotopic (exact) mass is 579 g/mol. The molecule has 2 atom stereocenters. The third-order valence-corrected chi connectivity index (χ3v) is 8.11. The fourth-order valence-corrected chi connectivity index (χ4v) is 5.41. The number of rotatable bonds is 10. The number of carboxylic acids is 1. The van der Waals surface area contributed by atoms with E-state index in [-0.39, 0.29) is 28.9 Å². The first kappa shape index (κ1) is 28.0. The van der Waals surface area contributed by atoms with Gasteiger partial charge in [0.15, 0.2) is 4.99 Å². The minimum Gasteiger partial charge on any atom is -0.493 e. The second-order valence-corrected chi connectivity index (χ2v) is 11.0. The zero-order valence-electron chi connectivity index (χ0n) is 22.7. The lowest BCUT2D eigenvalue weighted by Crippen LogP contribution is -2.52. The Morgan fingerprint density at radius 2 is 1.95 bits per heavy atom. The summed E-state index contributed by atoms with van der Waals surface area (Å²) < 4.78 is 17.5. The van der Waals surface area contributed by atoms with Gasteiger partial charge in [0.1, 0.15) is 22.2 Å². The molecule has 2 aliphatic heterocycles. The molecule has 0 bridgehead atoms. The highest BCUT2D eigenvalue weighted by Gasteiger charge is 2.38. The van der Waals surface area contributed by atoms with Crippen molar-refractivity contribution >= 4 is 29.5 Å². The molecule has 5 rings (SSSR count). The van der Waals surface area contributed by atoms with Crippen molar-refractivity contribution in [2.75, 3.05) is 20.2 Å². The van der Waals surface area contributed by atoms with Crippen LogP contribution in [0.15, 0.2) is 58.0 Å². The van der Waals surface area contributed by atoms with Gasteiger partial charge >= 0.3 is 5.97 Å². The number of carbonyl (C=O) groups excluding carboxylic acids is 2. The van der Waals surface area contributed by atoms with E-state index < -0.39 is 16.9 Å². The summed E-state index contributed by atoms with van der Waals surface area (Å²) in [5, 5.41) is 23.1. The molecule has 2 aromatic carbocycles. The van der Waals surface area contributed by atoms with Gasteiger partial charge in [-0.15, -0.1) is 10.2 Å². The third-order valence-electron chi connectivity index (χ3n) is 6.74. The summed E-state index contributed by atoms with van der Waals surface area (Å²) in [6, 6.07) is 11.8. The SMILES string of the molecule is CCC1(NC(=O)c2cc(OCC3CCN(C)C3=O)cc(Oc3ccc(-c4nnc(C)o4)cc3)c2)NC=C(C(=O)O)S1. The van der Waals surface area contributed by atoms with E-state index in [0.29, 0.717) is 48.4 Å². The predicted molar refractivity (Wildman–Crippen MR) is 149 cm³/mol. The van der Waals surface area contributed by atoms with Gasteiger partial charge < -0.3 is 34.5 Å². The highest BCUT2D eigenvalue weighted by molar-refractivity contribution is 8.05. The van der Waals surface area contributed by atoms with Crippen LogP contribution in [0.2, 0.25) is 0 Å². The highest BCUT2D eigenvalue weighted by atomic mass is 32.2. The average Bonchev–Trinajstić information content (AvgIpc) is 3.67. The molecule has 0 radical (unpaired) electrons. The lowest BCUT2D eigenvalue weighted by atomic mass is 10.1.